The van der Waals surface area contributed by atoms with Crippen molar-refractivity contribution >= 4 is 11.6 Å². The Morgan fingerprint density at radius 1 is 1.62 bits per heavy atom. The molecule has 1 amide bonds. The molecule has 0 atom stereocenters. The van der Waals surface area contributed by atoms with Crippen LogP contribution in [0, 0.1) is 0 Å². The highest BCUT2D eigenvalue weighted by molar-refractivity contribution is 5.98. The van der Waals surface area contributed by atoms with Crippen molar-refractivity contribution in [2.75, 3.05) is 5.73 Å². The number of carbonyl (C=O) groups is 1. The maximum atomic E-state index is 12.0. The molecule has 1 aromatic rings. The van der Waals surface area contributed by atoms with Gasteiger partial charge in [-0.3, -0.25) is 9.48 Å². The van der Waals surface area contributed by atoms with Gasteiger partial charge in [0.25, 0.3) is 5.91 Å². The molecule has 88 valence electrons. The van der Waals surface area contributed by atoms with Crippen LogP contribution in [0.25, 0.3) is 0 Å². The van der Waals surface area contributed by atoms with Gasteiger partial charge in [0.1, 0.15) is 5.69 Å². The molecule has 0 spiro atoms. The van der Waals surface area contributed by atoms with Crippen molar-refractivity contribution in [3.8, 4) is 0 Å². The summed E-state index contributed by atoms with van der Waals surface area (Å²) in [5.74, 6) is -0.100. The van der Waals surface area contributed by atoms with E-state index in [1.807, 2.05) is 6.92 Å². The summed E-state index contributed by atoms with van der Waals surface area (Å²) in [6.07, 6.45) is 4.09. The van der Waals surface area contributed by atoms with E-state index < -0.39 is 0 Å². The molecule has 1 aliphatic carbocycles. The third-order valence-corrected chi connectivity index (χ3v) is 3.15. The zero-order valence-electron chi connectivity index (χ0n) is 9.79. The molecule has 5 nitrogen and oxygen atoms in total. The second-order valence-corrected chi connectivity index (χ2v) is 4.29. The molecule has 0 unspecified atom stereocenters. The number of hydrogen-bond acceptors (Lipinski definition) is 3. The minimum Gasteiger partial charge on any atom is -0.395 e. The van der Waals surface area contributed by atoms with Crippen LogP contribution in [0.4, 0.5) is 5.69 Å². The zero-order valence-corrected chi connectivity index (χ0v) is 9.79. The third kappa shape index (κ3) is 1.77. The highest BCUT2D eigenvalue weighted by Gasteiger charge is 2.24. The third-order valence-electron chi connectivity index (χ3n) is 3.15. The van der Waals surface area contributed by atoms with Crippen molar-refractivity contribution < 1.29 is 4.79 Å². The van der Waals surface area contributed by atoms with Crippen LogP contribution in [-0.4, -0.2) is 21.7 Å². The quantitative estimate of drug-likeness (QED) is 0.796. The number of amides is 1. The maximum Gasteiger partial charge on any atom is 0.271 e. The summed E-state index contributed by atoms with van der Waals surface area (Å²) in [6, 6.07) is 0.326. The fourth-order valence-electron chi connectivity index (χ4n) is 1.93. The molecule has 1 aromatic heterocycles. The molecular formula is C11H18N4O. The Kier molecular flexibility index (Phi) is 2.85. The van der Waals surface area contributed by atoms with Crippen molar-refractivity contribution in [1.82, 2.24) is 15.1 Å². The molecule has 0 saturated heterocycles. The van der Waals surface area contributed by atoms with Crippen molar-refractivity contribution in [2.45, 2.75) is 38.6 Å². The topological polar surface area (TPSA) is 72.9 Å². The fraction of sp³-hybridized carbons (Fsp3) is 0.636. The number of anilines is 1. The second-order valence-electron chi connectivity index (χ2n) is 4.29. The average Bonchev–Trinajstić information content (AvgIpc) is 2.47. The Morgan fingerprint density at radius 3 is 2.75 bits per heavy atom. The Morgan fingerprint density at radius 2 is 2.31 bits per heavy atom. The van der Waals surface area contributed by atoms with E-state index >= 15 is 0 Å². The minimum absolute atomic E-state index is 0.100. The van der Waals surface area contributed by atoms with Crippen LogP contribution in [-0.2, 0) is 13.5 Å². The molecule has 1 heterocycles. The lowest BCUT2D eigenvalue weighted by atomic mass is 9.93. The number of nitrogens with two attached hydrogens (primary N) is 1. The molecule has 0 aromatic carbocycles. The van der Waals surface area contributed by atoms with Gasteiger partial charge < -0.3 is 11.1 Å². The van der Waals surface area contributed by atoms with Gasteiger partial charge in [-0.15, -0.1) is 0 Å². The highest BCUT2D eigenvalue weighted by Crippen LogP contribution is 2.21. The molecule has 0 radical (unpaired) electrons. The SMILES string of the molecule is CCc1nn(C)c(C(=O)NC2CCC2)c1N. The molecule has 0 bridgehead atoms. The molecule has 16 heavy (non-hydrogen) atoms. The van der Waals surface area contributed by atoms with Crippen LogP contribution in [0.15, 0.2) is 0 Å². The largest absolute Gasteiger partial charge is 0.395 e. The average molecular weight is 222 g/mol. The number of nitrogens with zero attached hydrogens (tertiary/aromatic N) is 2. The van der Waals surface area contributed by atoms with Crippen LogP contribution in [0.3, 0.4) is 0 Å². The van der Waals surface area contributed by atoms with E-state index in [9.17, 15) is 4.79 Å². The smallest absolute Gasteiger partial charge is 0.271 e. The molecular weight excluding hydrogens is 204 g/mol. The molecule has 2 rings (SSSR count). The summed E-state index contributed by atoms with van der Waals surface area (Å²) in [5.41, 5.74) is 7.70. The molecule has 5 heteroatoms. The predicted molar refractivity (Wildman–Crippen MR) is 62.1 cm³/mol. The summed E-state index contributed by atoms with van der Waals surface area (Å²) < 4.78 is 1.57. The van der Waals surface area contributed by atoms with Crippen molar-refractivity contribution in [1.29, 1.82) is 0 Å². The Hall–Kier alpha value is -1.52. The van der Waals surface area contributed by atoms with Gasteiger partial charge in [0, 0.05) is 13.1 Å². The Labute approximate surface area is 95.0 Å². The lowest BCUT2D eigenvalue weighted by molar-refractivity contribution is 0.0908. The fourth-order valence-corrected chi connectivity index (χ4v) is 1.93. The number of aryl methyl sites for hydroxylation is 2. The van der Waals surface area contributed by atoms with Crippen molar-refractivity contribution in [3.05, 3.63) is 11.4 Å². The van der Waals surface area contributed by atoms with E-state index in [1.165, 1.54) is 6.42 Å². The first-order valence-electron chi connectivity index (χ1n) is 5.75. The molecule has 1 saturated carbocycles. The minimum atomic E-state index is -0.100. The number of aromatic nitrogens is 2. The summed E-state index contributed by atoms with van der Waals surface area (Å²) in [7, 11) is 1.76. The van der Waals surface area contributed by atoms with Crippen molar-refractivity contribution in [3.63, 3.8) is 0 Å². The first kappa shape index (κ1) is 11.0. The van der Waals surface area contributed by atoms with E-state index in [0.29, 0.717) is 17.4 Å². The standard InChI is InChI=1S/C11H18N4O/c1-3-8-9(12)10(15(2)14-8)11(16)13-7-5-4-6-7/h7H,3-6,12H2,1-2H3,(H,13,16). The number of carbonyl (C=O) groups excluding carboxylic acids is 1. The lowest BCUT2D eigenvalue weighted by Crippen LogP contribution is -2.40. The number of nitrogen functional groups attached to an aromatic ring is 1. The van der Waals surface area contributed by atoms with Gasteiger partial charge in [0.15, 0.2) is 0 Å². The molecule has 1 aliphatic rings. The summed E-state index contributed by atoms with van der Waals surface area (Å²) in [5, 5.41) is 7.20. The first-order chi connectivity index (χ1) is 7.63. The summed E-state index contributed by atoms with van der Waals surface area (Å²) >= 11 is 0. The van der Waals surface area contributed by atoms with E-state index in [4.69, 9.17) is 5.73 Å². The maximum absolute atomic E-state index is 12.0. The Bertz CT molecular complexity index is 406. The van der Waals surface area contributed by atoms with Gasteiger partial charge >= 0.3 is 0 Å². The van der Waals surface area contributed by atoms with E-state index in [-0.39, 0.29) is 5.91 Å². The van der Waals surface area contributed by atoms with E-state index in [1.54, 1.807) is 11.7 Å². The van der Waals surface area contributed by atoms with Crippen LogP contribution in [0.2, 0.25) is 0 Å². The lowest BCUT2D eigenvalue weighted by Gasteiger charge is -2.26. The summed E-state index contributed by atoms with van der Waals surface area (Å²) in [6.45, 7) is 1.98. The van der Waals surface area contributed by atoms with Gasteiger partial charge in [-0.2, -0.15) is 5.10 Å². The molecule has 0 aliphatic heterocycles. The molecule has 3 N–H and O–H groups in total. The number of hydrogen-bond donors (Lipinski definition) is 2. The highest BCUT2D eigenvalue weighted by atomic mass is 16.2. The number of rotatable bonds is 3. The Balaban J connectivity index is 2.18. The predicted octanol–water partition coefficient (Wildman–Crippen LogP) is 0.847. The van der Waals surface area contributed by atoms with E-state index in [0.717, 1.165) is 25.0 Å². The van der Waals surface area contributed by atoms with Gasteiger partial charge in [-0.1, -0.05) is 6.92 Å². The van der Waals surface area contributed by atoms with Gasteiger partial charge in [-0.05, 0) is 25.7 Å². The van der Waals surface area contributed by atoms with E-state index in [2.05, 4.69) is 10.4 Å². The summed E-state index contributed by atoms with van der Waals surface area (Å²) in [4.78, 5) is 12.0. The second kappa shape index (κ2) is 4.15. The van der Waals surface area contributed by atoms with Crippen LogP contribution in [0.1, 0.15) is 42.4 Å². The first-order valence-corrected chi connectivity index (χ1v) is 5.75. The van der Waals surface area contributed by atoms with Crippen LogP contribution < -0.4 is 11.1 Å². The monoisotopic (exact) mass is 222 g/mol. The normalized spacial score (nSPS) is 15.9. The zero-order chi connectivity index (χ0) is 11.7. The van der Waals surface area contributed by atoms with Crippen LogP contribution in [0.5, 0.6) is 0 Å². The van der Waals surface area contributed by atoms with Gasteiger partial charge in [-0.25, -0.2) is 0 Å². The molecule has 1 fully saturated rings. The number of nitrogens with one attached hydrogen (secondary N) is 1. The van der Waals surface area contributed by atoms with Gasteiger partial charge in [0.05, 0.1) is 11.4 Å². The van der Waals surface area contributed by atoms with Crippen LogP contribution >= 0.6 is 0 Å². The van der Waals surface area contributed by atoms with Gasteiger partial charge in [0.2, 0.25) is 0 Å². The van der Waals surface area contributed by atoms with Crippen molar-refractivity contribution in [2.24, 2.45) is 7.05 Å².